The first-order valence-corrected chi connectivity index (χ1v) is 14.2. The highest BCUT2D eigenvalue weighted by Gasteiger charge is 2.23. The monoisotopic (exact) mass is 600 g/mol. The molecule has 176 valence electrons. The molecule has 3 N–H and O–H groups in total. The third-order valence-corrected chi connectivity index (χ3v) is 9.06. The highest BCUT2D eigenvalue weighted by Crippen LogP contribution is 2.37. The van der Waals surface area contributed by atoms with Crippen LogP contribution >= 0.6 is 34.4 Å². The van der Waals surface area contributed by atoms with Gasteiger partial charge in [-0.05, 0) is 59.0 Å². The van der Waals surface area contributed by atoms with Gasteiger partial charge in [0.1, 0.15) is 6.33 Å². The van der Waals surface area contributed by atoms with Crippen LogP contribution in [0, 0.1) is 9.49 Å². The molecule has 0 atom stereocenters. The van der Waals surface area contributed by atoms with Crippen molar-refractivity contribution in [1.82, 2.24) is 24.2 Å². The predicted molar refractivity (Wildman–Crippen MR) is 137 cm³/mol. The van der Waals surface area contributed by atoms with E-state index in [1.54, 1.807) is 0 Å². The molecule has 0 aliphatic heterocycles. The molecule has 9 nitrogen and oxygen atoms in total. The molecular formula is C21H25IN6O3S2. The van der Waals surface area contributed by atoms with Crippen molar-refractivity contribution in [2.75, 3.05) is 18.0 Å². The summed E-state index contributed by atoms with van der Waals surface area (Å²) in [7, 11) is -3.37. The molecule has 1 aliphatic carbocycles. The molecule has 0 fully saturated rings. The first kappa shape index (κ1) is 24.4. The number of imidazole rings is 1. The molecule has 1 aliphatic rings. The fraction of sp³-hybridized carbons (Fsp3) is 0.429. The predicted octanol–water partition coefficient (Wildman–Crippen LogP) is 3.26. The lowest BCUT2D eigenvalue weighted by Gasteiger charge is -2.11. The maximum Gasteiger partial charge on any atom is 0.211 e. The maximum absolute atomic E-state index is 12.3. The summed E-state index contributed by atoms with van der Waals surface area (Å²) < 4.78 is 30.2. The van der Waals surface area contributed by atoms with E-state index in [1.165, 1.54) is 18.1 Å². The number of aryl methyl sites for hydroxylation is 2. The smallest absolute Gasteiger partial charge is 0.211 e. The molecule has 33 heavy (non-hydrogen) atoms. The van der Waals surface area contributed by atoms with Gasteiger partial charge in [0, 0.05) is 33.5 Å². The van der Waals surface area contributed by atoms with Gasteiger partial charge < -0.3 is 10.3 Å². The number of rotatable bonds is 9. The molecule has 0 radical (unpaired) electrons. The van der Waals surface area contributed by atoms with Crippen molar-refractivity contribution in [2.24, 2.45) is 5.92 Å². The quantitative estimate of drug-likeness (QED) is 0.358. The average molecular weight is 601 g/mol. The average Bonchev–Trinajstić information content (AvgIpc) is 3.28. The summed E-state index contributed by atoms with van der Waals surface area (Å²) >= 11 is 3.69. The fourth-order valence-electron chi connectivity index (χ4n) is 3.61. The molecule has 0 saturated carbocycles. The number of benzene rings is 1. The number of ketones is 1. The van der Waals surface area contributed by atoms with Crippen molar-refractivity contribution in [3.63, 3.8) is 0 Å². The molecule has 2 aromatic heterocycles. The summed E-state index contributed by atoms with van der Waals surface area (Å²) in [6.07, 6.45) is 3.09. The molecule has 12 heteroatoms. The second-order valence-corrected chi connectivity index (χ2v) is 12.5. The minimum Gasteiger partial charge on any atom is -0.382 e. The van der Waals surface area contributed by atoms with Gasteiger partial charge in [0.05, 0.1) is 5.75 Å². The minimum atomic E-state index is -3.37. The number of sulfonamides is 1. The lowest BCUT2D eigenvalue weighted by Crippen LogP contribution is -2.30. The largest absolute Gasteiger partial charge is 0.382 e. The van der Waals surface area contributed by atoms with Crippen LogP contribution in [0.5, 0.6) is 0 Å². The van der Waals surface area contributed by atoms with Gasteiger partial charge in [-0.15, -0.1) is 0 Å². The van der Waals surface area contributed by atoms with Crippen LogP contribution in [0.2, 0.25) is 0 Å². The van der Waals surface area contributed by atoms with E-state index in [0.29, 0.717) is 42.3 Å². The second-order valence-electron chi connectivity index (χ2n) is 8.36. The van der Waals surface area contributed by atoms with E-state index in [1.807, 2.05) is 24.5 Å². The van der Waals surface area contributed by atoms with Crippen LogP contribution < -0.4 is 10.5 Å². The van der Waals surface area contributed by atoms with Crippen molar-refractivity contribution < 1.29 is 13.2 Å². The highest BCUT2D eigenvalue weighted by atomic mass is 127. The molecule has 3 aromatic rings. The molecule has 0 spiro atoms. The first-order valence-electron chi connectivity index (χ1n) is 10.6. The van der Waals surface area contributed by atoms with Gasteiger partial charge in [0.15, 0.2) is 27.9 Å². The van der Waals surface area contributed by atoms with Crippen molar-refractivity contribution in [2.45, 2.75) is 49.7 Å². The van der Waals surface area contributed by atoms with Crippen LogP contribution in [-0.4, -0.2) is 46.0 Å². The van der Waals surface area contributed by atoms with E-state index < -0.39 is 10.0 Å². The molecule has 0 unspecified atom stereocenters. The number of fused-ring (bicyclic) bond motifs is 2. The van der Waals surface area contributed by atoms with E-state index in [0.717, 1.165) is 26.0 Å². The van der Waals surface area contributed by atoms with E-state index in [-0.39, 0.29) is 23.3 Å². The van der Waals surface area contributed by atoms with Crippen molar-refractivity contribution in [3.05, 3.63) is 33.2 Å². The van der Waals surface area contributed by atoms with Gasteiger partial charge in [-0.3, -0.25) is 4.79 Å². The van der Waals surface area contributed by atoms with Crippen LogP contribution in [-0.2, 0) is 23.0 Å². The van der Waals surface area contributed by atoms with Crippen LogP contribution in [0.1, 0.15) is 42.6 Å². The normalized spacial score (nSPS) is 13.9. The molecule has 2 heterocycles. The van der Waals surface area contributed by atoms with Crippen LogP contribution in [0.3, 0.4) is 0 Å². The van der Waals surface area contributed by atoms with E-state index >= 15 is 0 Å². The Hall–Kier alpha value is -1.77. The summed E-state index contributed by atoms with van der Waals surface area (Å²) in [5, 5.41) is 0.632. The molecule has 1 aromatic carbocycles. The SMILES string of the molecule is CC(C)CNS(=O)(=O)CCCn1c(Sc2cc3c(cc2I)CCC3=O)nc2c(N)ncnc21. The number of nitrogens with one attached hydrogen (secondary N) is 1. The van der Waals surface area contributed by atoms with Crippen LogP contribution in [0.15, 0.2) is 28.5 Å². The van der Waals surface area contributed by atoms with Gasteiger partial charge >= 0.3 is 0 Å². The zero-order valence-corrected chi connectivity index (χ0v) is 22.1. The van der Waals surface area contributed by atoms with Gasteiger partial charge in [-0.1, -0.05) is 25.6 Å². The number of carbonyl (C=O) groups is 1. The lowest BCUT2D eigenvalue weighted by atomic mass is 10.1. The summed E-state index contributed by atoms with van der Waals surface area (Å²) in [4.78, 5) is 26.2. The summed E-state index contributed by atoms with van der Waals surface area (Å²) in [5.74, 6) is 0.660. The Morgan fingerprint density at radius 3 is 2.82 bits per heavy atom. The Kier molecular flexibility index (Phi) is 7.26. The Bertz CT molecular complexity index is 1320. The third-order valence-electron chi connectivity index (χ3n) is 5.31. The number of nitrogens with zero attached hydrogens (tertiary/aromatic N) is 4. The molecule has 0 bridgehead atoms. The van der Waals surface area contributed by atoms with Crippen molar-refractivity contribution in [3.8, 4) is 0 Å². The van der Waals surface area contributed by atoms with E-state index in [2.05, 4.69) is 48.3 Å². The van der Waals surface area contributed by atoms with Gasteiger partial charge in [0.2, 0.25) is 10.0 Å². The zero-order valence-electron chi connectivity index (χ0n) is 18.3. The van der Waals surface area contributed by atoms with Crippen LogP contribution in [0.4, 0.5) is 5.82 Å². The zero-order chi connectivity index (χ0) is 23.8. The lowest BCUT2D eigenvalue weighted by molar-refractivity contribution is 0.0994. The maximum atomic E-state index is 12.3. The number of anilines is 1. The Labute approximate surface area is 210 Å². The van der Waals surface area contributed by atoms with Crippen molar-refractivity contribution in [1.29, 1.82) is 0 Å². The number of aromatic nitrogens is 4. The highest BCUT2D eigenvalue weighted by molar-refractivity contribution is 14.1. The molecule has 4 rings (SSSR count). The number of carbonyl (C=O) groups excluding carboxylic acids is 1. The van der Waals surface area contributed by atoms with Gasteiger partial charge in [0.25, 0.3) is 0 Å². The van der Waals surface area contributed by atoms with Gasteiger partial charge in [-0.2, -0.15) is 0 Å². The van der Waals surface area contributed by atoms with Crippen LogP contribution in [0.25, 0.3) is 11.2 Å². The standard InChI is InChI=1S/C21H25IN6O3S2/c1-12(2)10-26-33(30,31)7-3-6-28-20-18(19(23)24-11-25-20)27-21(28)32-17-9-14-13(8-15(17)22)4-5-16(14)29/h8-9,11-12,26H,3-7,10H2,1-2H3,(H2,23,24,25). The topological polar surface area (TPSA) is 133 Å². The number of hydrogen-bond donors (Lipinski definition) is 2. The Balaban J connectivity index is 1.61. The number of hydrogen-bond acceptors (Lipinski definition) is 8. The Morgan fingerprint density at radius 2 is 2.06 bits per heavy atom. The van der Waals surface area contributed by atoms with E-state index in [9.17, 15) is 13.2 Å². The number of halogens is 1. The Morgan fingerprint density at radius 1 is 1.27 bits per heavy atom. The molecular weight excluding hydrogens is 575 g/mol. The number of nitrogens with two attached hydrogens (primary N) is 1. The number of nitrogen functional groups attached to an aromatic ring is 1. The van der Waals surface area contributed by atoms with E-state index in [4.69, 9.17) is 5.73 Å². The summed E-state index contributed by atoms with van der Waals surface area (Å²) in [6, 6.07) is 3.98. The van der Waals surface area contributed by atoms with Crippen molar-refractivity contribution >= 4 is 67.1 Å². The minimum absolute atomic E-state index is 0.00501. The second kappa shape index (κ2) is 9.84. The fourth-order valence-corrected chi connectivity index (χ4v) is 6.67. The summed E-state index contributed by atoms with van der Waals surface area (Å²) in [5.41, 5.74) is 8.92. The molecule has 0 saturated heterocycles. The number of Topliss-reactive ketones (excluding diaryl/α,β-unsaturated/α-hetero) is 1. The first-order chi connectivity index (χ1) is 15.6. The summed E-state index contributed by atoms with van der Waals surface area (Å²) in [6.45, 7) is 4.73. The molecule has 0 amide bonds. The third kappa shape index (κ3) is 5.49. The van der Waals surface area contributed by atoms with Gasteiger partial charge in [-0.25, -0.2) is 28.1 Å².